The lowest BCUT2D eigenvalue weighted by Crippen LogP contribution is -2.35. The van der Waals surface area contributed by atoms with Gasteiger partial charge in [-0.3, -0.25) is 9.59 Å². The maximum absolute atomic E-state index is 13.6. The van der Waals surface area contributed by atoms with Crippen molar-refractivity contribution in [2.75, 3.05) is 5.32 Å². The molecule has 2 aromatic rings. The van der Waals surface area contributed by atoms with E-state index in [1.54, 1.807) is 24.3 Å². The van der Waals surface area contributed by atoms with E-state index in [9.17, 15) is 18.4 Å². The fraction of sp³-hybridized carbons (Fsp3) is 0.0667. The first kappa shape index (κ1) is 16.1. The van der Waals surface area contributed by atoms with Crippen molar-refractivity contribution in [1.29, 1.82) is 0 Å². The van der Waals surface area contributed by atoms with Crippen LogP contribution in [0.5, 0.6) is 0 Å². The van der Waals surface area contributed by atoms with Gasteiger partial charge in [0.15, 0.2) is 5.82 Å². The van der Waals surface area contributed by atoms with Crippen LogP contribution in [0.3, 0.4) is 0 Å². The fourth-order valence-corrected chi connectivity index (χ4v) is 2.20. The molecule has 0 aliphatic heterocycles. The van der Waals surface area contributed by atoms with Crippen LogP contribution >= 0.6 is 15.9 Å². The predicted molar refractivity (Wildman–Crippen MR) is 81.0 cm³/mol. The van der Waals surface area contributed by atoms with Crippen LogP contribution < -0.4 is 10.6 Å². The number of carbonyl (C=O) groups excluding carboxylic acids is 2. The molecule has 0 atom stereocenters. The van der Waals surface area contributed by atoms with E-state index < -0.39 is 23.4 Å². The Labute approximate surface area is 133 Å². The molecule has 2 rings (SSSR count). The van der Waals surface area contributed by atoms with E-state index in [1.807, 2.05) is 6.07 Å². The second kappa shape index (κ2) is 7.13. The Bertz CT molecular complexity index is 685. The Morgan fingerprint density at radius 1 is 1.05 bits per heavy atom. The Morgan fingerprint density at radius 3 is 2.36 bits per heavy atom. The molecule has 0 aliphatic carbocycles. The van der Waals surface area contributed by atoms with Crippen molar-refractivity contribution in [3.63, 3.8) is 0 Å². The maximum Gasteiger partial charge on any atom is 0.313 e. The summed E-state index contributed by atoms with van der Waals surface area (Å²) in [6.07, 6.45) is 0. The van der Waals surface area contributed by atoms with Crippen molar-refractivity contribution in [2.45, 2.75) is 6.54 Å². The summed E-state index contributed by atoms with van der Waals surface area (Å²) in [5, 5.41) is 4.51. The third-order valence-corrected chi connectivity index (χ3v) is 3.37. The third-order valence-electron chi connectivity index (χ3n) is 2.75. The van der Waals surface area contributed by atoms with E-state index in [0.29, 0.717) is 6.07 Å². The van der Waals surface area contributed by atoms with Crippen molar-refractivity contribution >= 4 is 33.4 Å². The molecule has 0 aliphatic rings. The molecule has 0 bridgehead atoms. The van der Waals surface area contributed by atoms with Crippen molar-refractivity contribution in [1.82, 2.24) is 5.32 Å². The minimum absolute atomic E-state index is 0.00853. The van der Waals surface area contributed by atoms with Gasteiger partial charge in [-0.05, 0) is 27.6 Å². The standard InChI is InChI=1S/C15H11BrF2N2O2/c16-11-6-10(17)7-12(18)13(11)20-15(22)14(21)19-8-9-4-2-1-3-5-9/h1-7H,8H2,(H,19,21)(H,20,22). The molecule has 0 aromatic heterocycles. The average molecular weight is 369 g/mol. The Morgan fingerprint density at radius 2 is 1.73 bits per heavy atom. The monoisotopic (exact) mass is 368 g/mol. The van der Waals surface area contributed by atoms with E-state index in [-0.39, 0.29) is 16.7 Å². The first-order valence-electron chi connectivity index (χ1n) is 6.25. The lowest BCUT2D eigenvalue weighted by molar-refractivity contribution is -0.136. The average Bonchev–Trinajstić information content (AvgIpc) is 2.49. The maximum atomic E-state index is 13.6. The van der Waals surface area contributed by atoms with Gasteiger partial charge in [0.2, 0.25) is 0 Å². The summed E-state index contributed by atoms with van der Waals surface area (Å²) in [7, 11) is 0. The predicted octanol–water partition coefficient (Wildman–Crippen LogP) is 2.98. The molecular weight excluding hydrogens is 358 g/mol. The van der Waals surface area contributed by atoms with Crippen LogP contribution in [0.25, 0.3) is 0 Å². The highest BCUT2D eigenvalue weighted by atomic mass is 79.9. The number of rotatable bonds is 3. The number of nitrogens with one attached hydrogen (secondary N) is 2. The topological polar surface area (TPSA) is 58.2 Å². The van der Waals surface area contributed by atoms with E-state index in [0.717, 1.165) is 11.6 Å². The van der Waals surface area contributed by atoms with E-state index >= 15 is 0 Å². The van der Waals surface area contributed by atoms with Crippen molar-refractivity contribution in [3.8, 4) is 0 Å². The molecule has 0 radical (unpaired) electrons. The Hall–Kier alpha value is -2.28. The van der Waals surface area contributed by atoms with E-state index in [2.05, 4.69) is 26.6 Å². The van der Waals surface area contributed by atoms with Gasteiger partial charge in [-0.15, -0.1) is 0 Å². The minimum Gasteiger partial charge on any atom is -0.344 e. The number of anilines is 1. The number of amides is 2. The summed E-state index contributed by atoms with van der Waals surface area (Å²) in [5.41, 5.74) is 0.527. The van der Waals surface area contributed by atoms with Crippen LogP contribution in [-0.2, 0) is 16.1 Å². The van der Waals surface area contributed by atoms with E-state index in [1.165, 1.54) is 0 Å². The zero-order chi connectivity index (χ0) is 16.1. The molecule has 0 spiro atoms. The summed E-state index contributed by atoms with van der Waals surface area (Å²) in [5.74, 6) is -3.73. The van der Waals surface area contributed by atoms with Crippen LogP contribution in [0, 0.1) is 11.6 Å². The normalized spacial score (nSPS) is 10.1. The molecule has 0 unspecified atom stereocenters. The van der Waals surface area contributed by atoms with Gasteiger partial charge >= 0.3 is 11.8 Å². The molecule has 0 heterocycles. The molecule has 22 heavy (non-hydrogen) atoms. The Balaban J connectivity index is 1.99. The minimum atomic E-state index is -1.04. The van der Waals surface area contributed by atoms with Crippen LogP contribution in [0.2, 0.25) is 0 Å². The summed E-state index contributed by atoms with van der Waals surface area (Å²) >= 11 is 2.92. The van der Waals surface area contributed by atoms with Gasteiger partial charge in [0.05, 0.1) is 5.69 Å². The molecule has 2 aromatic carbocycles. The largest absolute Gasteiger partial charge is 0.344 e. The molecule has 0 saturated carbocycles. The van der Waals surface area contributed by atoms with Crippen molar-refractivity contribution in [3.05, 3.63) is 64.1 Å². The van der Waals surface area contributed by atoms with Crippen molar-refractivity contribution < 1.29 is 18.4 Å². The second-order valence-corrected chi connectivity index (χ2v) is 5.22. The number of carbonyl (C=O) groups is 2. The molecule has 0 fully saturated rings. The summed E-state index contributed by atoms with van der Waals surface area (Å²) < 4.78 is 26.5. The Kier molecular flexibility index (Phi) is 5.21. The smallest absolute Gasteiger partial charge is 0.313 e. The third kappa shape index (κ3) is 4.11. The van der Waals surface area contributed by atoms with Crippen LogP contribution in [0.1, 0.15) is 5.56 Å². The van der Waals surface area contributed by atoms with Gasteiger partial charge in [-0.2, -0.15) is 0 Å². The number of hydrogen-bond acceptors (Lipinski definition) is 2. The molecule has 7 heteroatoms. The summed E-state index contributed by atoms with van der Waals surface area (Å²) in [6, 6.07) is 10.6. The zero-order valence-corrected chi connectivity index (χ0v) is 12.8. The SMILES string of the molecule is O=C(NCc1ccccc1)C(=O)Nc1c(F)cc(F)cc1Br. The first-order chi connectivity index (χ1) is 10.5. The van der Waals surface area contributed by atoms with Gasteiger partial charge in [-0.25, -0.2) is 8.78 Å². The highest BCUT2D eigenvalue weighted by molar-refractivity contribution is 9.10. The quantitative estimate of drug-likeness (QED) is 0.818. The van der Waals surface area contributed by atoms with E-state index in [4.69, 9.17) is 0 Å². The summed E-state index contributed by atoms with van der Waals surface area (Å²) in [4.78, 5) is 23.4. The van der Waals surface area contributed by atoms with Gasteiger partial charge in [0, 0.05) is 17.1 Å². The molecule has 0 saturated heterocycles. The lowest BCUT2D eigenvalue weighted by atomic mass is 10.2. The van der Waals surface area contributed by atoms with Crippen LogP contribution in [-0.4, -0.2) is 11.8 Å². The molecule has 2 amide bonds. The first-order valence-corrected chi connectivity index (χ1v) is 7.04. The highest BCUT2D eigenvalue weighted by Gasteiger charge is 2.18. The molecular formula is C15H11BrF2N2O2. The summed E-state index contributed by atoms with van der Waals surface area (Å²) in [6.45, 7) is 0.167. The number of hydrogen-bond donors (Lipinski definition) is 2. The van der Waals surface area contributed by atoms with Gasteiger partial charge < -0.3 is 10.6 Å². The van der Waals surface area contributed by atoms with Crippen molar-refractivity contribution in [2.24, 2.45) is 0 Å². The van der Waals surface area contributed by atoms with Crippen LogP contribution in [0.15, 0.2) is 46.9 Å². The molecule has 4 nitrogen and oxygen atoms in total. The van der Waals surface area contributed by atoms with Gasteiger partial charge in [0.25, 0.3) is 0 Å². The van der Waals surface area contributed by atoms with Gasteiger partial charge in [0.1, 0.15) is 5.82 Å². The van der Waals surface area contributed by atoms with Gasteiger partial charge in [-0.1, -0.05) is 30.3 Å². The lowest BCUT2D eigenvalue weighted by Gasteiger charge is -2.09. The number of halogens is 3. The highest BCUT2D eigenvalue weighted by Crippen LogP contribution is 2.26. The second-order valence-electron chi connectivity index (χ2n) is 4.37. The van der Waals surface area contributed by atoms with Crippen LogP contribution in [0.4, 0.5) is 14.5 Å². The fourth-order valence-electron chi connectivity index (χ4n) is 1.69. The molecule has 114 valence electrons. The number of benzene rings is 2. The molecule has 2 N–H and O–H groups in total. The zero-order valence-electron chi connectivity index (χ0n) is 11.2.